The minimum atomic E-state index is -3.53. The fourth-order valence-corrected chi connectivity index (χ4v) is 5.75. The van der Waals surface area contributed by atoms with E-state index in [2.05, 4.69) is 5.32 Å². The first-order chi connectivity index (χ1) is 14.4. The highest BCUT2D eigenvalue weighted by molar-refractivity contribution is 7.89. The molecule has 1 atom stereocenters. The van der Waals surface area contributed by atoms with Crippen LogP contribution in [0, 0.1) is 0 Å². The van der Waals surface area contributed by atoms with Gasteiger partial charge in [-0.25, -0.2) is 18.4 Å². The molecular weight excluding hydrogens is 402 g/mol. The topological polar surface area (TPSA) is 95.5 Å². The van der Waals surface area contributed by atoms with Crippen molar-refractivity contribution in [2.75, 3.05) is 32.0 Å². The van der Waals surface area contributed by atoms with Crippen LogP contribution in [0.15, 0.2) is 35.2 Å². The van der Waals surface area contributed by atoms with Gasteiger partial charge in [0.15, 0.2) is 0 Å². The van der Waals surface area contributed by atoms with Gasteiger partial charge in [-0.15, -0.1) is 0 Å². The number of benzene rings is 1. The lowest BCUT2D eigenvalue weighted by Gasteiger charge is -2.33. The second-order valence-electron chi connectivity index (χ2n) is 7.81. The van der Waals surface area contributed by atoms with Gasteiger partial charge in [0.05, 0.1) is 17.1 Å². The lowest BCUT2D eigenvalue weighted by molar-refractivity contribution is -0.129. The zero-order valence-electron chi connectivity index (χ0n) is 17.3. The van der Waals surface area contributed by atoms with Crippen LogP contribution in [-0.2, 0) is 27.8 Å². The summed E-state index contributed by atoms with van der Waals surface area (Å²) in [6.07, 6.45) is 2.30. The molecule has 0 unspecified atom stereocenters. The predicted molar refractivity (Wildman–Crippen MR) is 114 cm³/mol. The number of fused-ring (bicyclic) bond motifs is 1. The normalized spacial score (nSPS) is 19.9. The minimum absolute atomic E-state index is 0.0424. The molecule has 1 fully saturated rings. The Morgan fingerprint density at radius 2 is 1.93 bits per heavy atom. The van der Waals surface area contributed by atoms with E-state index in [1.807, 2.05) is 13.1 Å². The summed E-state index contributed by atoms with van der Waals surface area (Å²) >= 11 is 0. The van der Waals surface area contributed by atoms with Crippen molar-refractivity contribution in [2.45, 2.75) is 43.5 Å². The summed E-state index contributed by atoms with van der Waals surface area (Å²) in [5.74, 6) is 1.40. The summed E-state index contributed by atoms with van der Waals surface area (Å²) in [4.78, 5) is 23.4. The van der Waals surface area contributed by atoms with Gasteiger partial charge in [0.1, 0.15) is 11.6 Å². The highest BCUT2D eigenvalue weighted by Gasteiger charge is 2.33. The number of carbonyl (C=O) groups excluding carboxylic acids is 1. The van der Waals surface area contributed by atoms with E-state index in [1.165, 1.54) is 0 Å². The molecule has 1 aromatic carbocycles. The maximum absolute atomic E-state index is 13.1. The molecule has 30 heavy (non-hydrogen) atoms. The Labute approximate surface area is 177 Å². The summed E-state index contributed by atoms with van der Waals surface area (Å²) in [5, 5.41) is 3.14. The van der Waals surface area contributed by atoms with E-state index in [0.717, 1.165) is 29.9 Å². The molecule has 0 aliphatic carbocycles. The molecule has 3 heterocycles. The Hall–Kier alpha value is -2.52. The maximum atomic E-state index is 13.1. The monoisotopic (exact) mass is 429 g/mol. The molecule has 8 nitrogen and oxygen atoms in total. The molecule has 0 bridgehead atoms. The standard InChI is InChI=1S/C21H27N5O3S/c1-15(27)25-12-10-19-18(14-25)21(22-2)24-20(23-19)16-7-6-11-26(13-16)30(28,29)17-8-4-3-5-9-17/h3-5,8-9,16H,6-7,10-14H2,1-2H3,(H,22,23,24)/t16-/m1/s1. The van der Waals surface area contributed by atoms with Crippen molar-refractivity contribution >= 4 is 21.7 Å². The van der Waals surface area contributed by atoms with Gasteiger partial charge in [0, 0.05) is 51.5 Å². The number of amides is 1. The Balaban J connectivity index is 1.61. The largest absolute Gasteiger partial charge is 0.373 e. The van der Waals surface area contributed by atoms with Crippen molar-refractivity contribution in [2.24, 2.45) is 0 Å². The molecular formula is C21H27N5O3S. The maximum Gasteiger partial charge on any atom is 0.243 e. The predicted octanol–water partition coefficient (Wildman–Crippen LogP) is 1.99. The van der Waals surface area contributed by atoms with Gasteiger partial charge in [-0.1, -0.05) is 18.2 Å². The molecule has 0 spiro atoms. The number of rotatable bonds is 4. The molecule has 4 rings (SSSR count). The number of anilines is 1. The Morgan fingerprint density at radius 3 is 2.63 bits per heavy atom. The van der Waals surface area contributed by atoms with Crippen LogP contribution >= 0.6 is 0 Å². The molecule has 2 aliphatic rings. The molecule has 0 saturated carbocycles. The number of sulfonamides is 1. The summed E-state index contributed by atoms with van der Waals surface area (Å²) in [7, 11) is -1.72. The molecule has 9 heteroatoms. The number of nitrogens with zero attached hydrogens (tertiary/aromatic N) is 4. The average Bonchev–Trinajstić information content (AvgIpc) is 2.78. The van der Waals surface area contributed by atoms with E-state index in [9.17, 15) is 13.2 Å². The SMILES string of the molecule is CNc1nc([C@@H]2CCCN(S(=O)(=O)c3ccccc3)C2)nc2c1CN(C(C)=O)CC2. The first-order valence-electron chi connectivity index (χ1n) is 10.3. The summed E-state index contributed by atoms with van der Waals surface area (Å²) in [5.41, 5.74) is 1.90. The molecule has 1 saturated heterocycles. The molecule has 2 aliphatic heterocycles. The van der Waals surface area contributed by atoms with Gasteiger partial charge in [0.2, 0.25) is 15.9 Å². The van der Waals surface area contributed by atoms with Crippen molar-refractivity contribution < 1.29 is 13.2 Å². The van der Waals surface area contributed by atoms with Crippen LogP contribution in [0.3, 0.4) is 0 Å². The molecule has 1 aromatic heterocycles. The summed E-state index contributed by atoms with van der Waals surface area (Å²) in [6.45, 7) is 3.59. The highest BCUT2D eigenvalue weighted by atomic mass is 32.2. The minimum Gasteiger partial charge on any atom is -0.373 e. The number of nitrogens with one attached hydrogen (secondary N) is 1. The third-order valence-electron chi connectivity index (χ3n) is 5.89. The second kappa shape index (κ2) is 8.31. The van der Waals surface area contributed by atoms with Crippen molar-refractivity contribution in [1.29, 1.82) is 0 Å². The van der Waals surface area contributed by atoms with Crippen LogP contribution in [0.2, 0.25) is 0 Å². The van der Waals surface area contributed by atoms with Crippen molar-refractivity contribution in [3.05, 3.63) is 47.4 Å². The zero-order valence-corrected chi connectivity index (χ0v) is 18.2. The van der Waals surface area contributed by atoms with E-state index in [0.29, 0.717) is 43.3 Å². The van der Waals surface area contributed by atoms with Crippen LogP contribution in [0.1, 0.15) is 42.8 Å². The van der Waals surface area contributed by atoms with Crippen LogP contribution in [0.5, 0.6) is 0 Å². The van der Waals surface area contributed by atoms with Crippen molar-refractivity contribution in [1.82, 2.24) is 19.2 Å². The van der Waals surface area contributed by atoms with Gasteiger partial charge in [0.25, 0.3) is 0 Å². The van der Waals surface area contributed by atoms with Gasteiger partial charge in [-0.2, -0.15) is 4.31 Å². The average molecular weight is 430 g/mol. The number of piperidine rings is 1. The Morgan fingerprint density at radius 1 is 1.17 bits per heavy atom. The fraction of sp³-hybridized carbons (Fsp3) is 0.476. The van der Waals surface area contributed by atoms with E-state index in [-0.39, 0.29) is 11.8 Å². The van der Waals surface area contributed by atoms with Gasteiger partial charge < -0.3 is 10.2 Å². The smallest absolute Gasteiger partial charge is 0.243 e. The Bertz CT molecular complexity index is 1020. The molecule has 1 amide bonds. The van der Waals surface area contributed by atoms with Crippen LogP contribution in [0.4, 0.5) is 5.82 Å². The molecule has 160 valence electrons. The zero-order chi connectivity index (χ0) is 21.3. The second-order valence-corrected chi connectivity index (χ2v) is 9.75. The summed E-state index contributed by atoms with van der Waals surface area (Å²) < 4.78 is 27.7. The molecule has 2 aromatic rings. The van der Waals surface area contributed by atoms with E-state index < -0.39 is 10.0 Å². The van der Waals surface area contributed by atoms with Crippen LogP contribution in [0.25, 0.3) is 0 Å². The van der Waals surface area contributed by atoms with Crippen molar-refractivity contribution in [3.8, 4) is 0 Å². The van der Waals surface area contributed by atoms with Gasteiger partial charge in [-0.3, -0.25) is 4.79 Å². The number of carbonyl (C=O) groups is 1. The summed E-state index contributed by atoms with van der Waals surface area (Å²) in [6, 6.07) is 8.56. The molecule has 0 radical (unpaired) electrons. The van der Waals surface area contributed by atoms with Crippen LogP contribution in [-0.4, -0.2) is 60.2 Å². The third kappa shape index (κ3) is 3.91. The van der Waals surface area contributed by atoms with Gasteiger partial charge >= 0.3 is 0 Å². The first-order valence-corrected chi connectivity index (χ1v) is 11.7. The van der Waals surface area contributed by atoms with Gasteiger partial charge in [-0.05, 0) is 25.0 Å². The number of hydrogen-bond acceptors (Lipinski definition) is 6. The van der Waals surface area contributed by atoms with E-state index in [1.54, 1.807) is 40.4 Å². The number of aromatic nitrogens is 2. The van der Waals surface area contributed by atoms with Crippen LogP contribution < -0.4 is 5.32 Å². The quantitative estimate of drug-likeness (QED) is 0.799. The third-order valence-corrected chi connectivity index (χ3v) is 7.77. The number of hydrogen-bond donors (Lipinski definition) is 1. The van der Waals surface area contributed by atoms with Crippen molar-refractivity contribution in [3.63, 3.8) is 0 Å². The Kier molecular flexibility index (Phi) is 5.75. The fourth-order valence-electron chi connectivity index (χ4n) is 4.20. The highest BCUT2D eigenvalue weighted by Crippen LogP contribution is 2.31. The van der Waals surface area contributed by atoms with E-state index in [4.69, 9.17) is 9.97 Å². The lowest BCUT2D eigenvalue weighted by atomic mass is 9.97. The molecule has 1 N–H and O–H groups in total. The first kappa shape index (κ1) is 20.7. The lowest BCUT2D eigenvalue weighted by Crippen LogP contribution is -2.40. The van der Waals surface area contributed by atoms with E-state index >= 15 is 0 Å².